The van der Waals surface area contributed by atoms with E-state index in [-0.39, 0.29) is 12.1 Å². The maximum absolute atomic E-state index is 13.0. The molecule has 2 atom stereocenters. The van der Waals surface area contributed by atoms with Crippen LogP contribution in [-0.2, 0) is 23.5 Å². The molecule has 0 saturated heterocycles. The van der Waals surface area contributed by atoms with Gasteiger partial charge >= 0.3 is 6.18 Å². The second-order valence-electron chi connectivity index (χ2n) is 4.60. The summed E-state index contributed by atoms with van der Waals surface area (Å²) >= 11 is 0. The van der Waals surface area contributed by atoms with Crippen molar-refractivity contribution in [3.63, 3.8) is 0 Å². The Morgan fingerprint density at radius 3 is 2.65 bits per heavy atom. The molecule has 0 aliphatic heterocycles. The van der Waals surface area contributed by atoms with Crippen molar-refractivity contribution in [2.24, 2.45) is 0 Å². The molecule has 4 nitrogen and oxygen atoms in total. The minimum atomic E-state index is -4.57. The second kappa shape index (κ2) is 5.08. The number of hydrogen-bond donors (Lipinski definition) is 1. The minimum absolute atomic E-state index is 0.0155. The summed E-state index contributed by atoms with van der Waals surface area (Å²) < 4.78 is 51.6. The number of halogens is 3. The number of nitrogen functional groups attached to an aromatic ring is 1. The molecule has 20 heavy (non-hydrogen) atoms. The Bertz CT molecular complexity index is 666. The third kappa shape index (κ3) is 2.79. The van der Waals surface area contributed by atoms with Gasteiger partial charge < -0.3 is 10.3 Å². The SMILES string of the molecule is CC(Cn1c(C(F)(F)F)nc2cc(N)ccc21)S(C)=O. The summed E-state index contributed by atoms with van der Waals surface area (Å²) in [5.41, 5.74) is 6.44. The fourth-order valence-electron chi connectivity index (χ4n) is 1.91. The molecule has 1 heterocycles. The molecule has 2 aromatic rings. The summed E-state index contributed by atoms with van der Waals surface area (Å²) in [4.78, 5) is 3.62. The maximum Gasteiger partial charge on any atom is 0.449 e. The Hall–Kier alpha value is -1.57. The summed E-state index contributed by atoms with van der Waals surface area (Å²) in [5, 5.41) is -0.411. The van der Waals surface area contributed by atoms with Crippen molar-refractivity contribution in [2.75, 3.05) is 12.0 Å². The smallest absolute Gasteiger partial charge is 0.399 e. The van der Waals surface area contributed by atoms with Gasteiger partial charge in [-0.2, -0.15) is 13.2 Å². The zero-order chi connectivity index (χ0) is 15.1. The Labute approximate surface area is 116 Å². The first-order valence-corrected chi connectivity index (χ1v) is 7.47. The molecule has 0 fully saturated rings. The number of fused-ring (bicyclic) bond motifs is 1. The van der Waals surface area contributed by atoms with Crippen LogP contribution in [0.15, 0.2) is 18.2 Å². The van der Waals surface area contributed by atoms with Crippen molar-refractivity contribution in [2.45, 2.75) is 24.9 Å². The van der Waals surface area contributed by atoms with E-state index >= 15 is 0 Å². The fourth-order valence-corrected chi connectivity index (χ4v) is 2.27. The van der Waals surface area contributed by atoms with Crippen LogP contribution in [0.4, 0.5) is 18.9 Å². The minimum Gasteiger partial charge on any atom is -0.399 e. The number of imidazole rings is 1. The molecule has 2 N–H and O–H groups in total. The predicted octanol–water partition coefficient (Wildman–Crippen LogP) is 2.40. The highest BCUT2D eigenvalue weighted by atomic mass is 32.2. The Balaban J connectivity index is 2.62. The molecule has 8 heteroatoms. The summed E-state index contributed by atoms with van der Waals surface area (Å²) in [6, 6.07) is 4.42. The fraction of sp³-hybridized carbons (Fsp3) is 0.417. The van der Waals surface area contributed by atoms with Crippen LogP contribution >= 0.6 is 0 Å². The molecule has 0 saturated carbocycles. The van der Waals surface area contributed by atoms with Gasteiger partial charge in [0.1, 0.15) is 0 Å². The van der Waals surface area contributed by atoms with Crippen LogP contribution in [0, 0.1) is 0 Å². The van der Waals surface area contributed by atoms with Crippen molar-refractivity contribution in [3.05, 3.63) is 24.0 Å². The van der Waals surface area contributed by atoms with Gasteiger partial charge in [-0.15, -0.1) is 0 Å². The van der Waals surface area contributed by atoms with Gasteiger partial charge in [0.2, 0.25) is 5.82 Å². The van der Waals surface area contributed by atoms with Gasteiger partial charge in [-0.05, 0) is 25.1 Å². The first-order valence-electron chi connectivity index (χ1n) is 5.85. The van der Waals surface area contributed by atoms with E-state index in [9.17, 15) is 17.4 Å². The Morgan fingerprint density at radius 1 is 1.45 bits per heavy atom. The van der Waals surface area contributed by atoms with Crippen molar-refractivity contribution < 1.29 is 17.4 Å². The van der Waals surface area contributed by atoms with E-state index in [1.54, 1.807) is 6.92 Å². The molecule has 0 aliphatic carbocycles. The summed E-state index contributed by atoms with van der Waals surface area (Å²) in [6.07, 6.45) is -3.10. The molecule has 110 valence electrons. The normalized spacial score (nSPS) is 15.4. The van der Waals surface area contributed by atoms with Gasteiger partial charge in [-0.3, -0.25) is 4.21 Å². The third-order valence-electron chi connectivity index (χ3n) is 3.03. The lowest BCUT2D eigenvalue weighted by Gasteiger charge is -2.14. The number of nitrogens with zero attached hydrogens (tertiary/aromatic N) is 2. The lowest BCUT2D eigenvalue weighted by Crippen LogP contribution is -2.22. The van der Waals surface area contributed by atoms with E-state index in [1.165, 1.54) is 24.5 Å². The van der Waals surface area contributed by atoms with Gasteiger partial charge in [-0.1, -0.05) is 0 Å². The molecule has 0 spiro atoms. The summed E-state index contributed by atoms with van der Waals surface area (Å²) in [5.74, 6) is -0.990. The van der Waals surface area contributed by atoms with Crippen molar-refractivity contribution in [1.29, 1.82) is 0 Å². The van der Waals surface area contributed by atoms with Gasteiger partial charge in [0.15, 0.2) is 0 Å². The lowest BCUT2D eigenvalue weighted by atomic mass is 10.3. The van der Waals surface area contributed by atoms with Crippen molar-refractivity contribution >= 4 is 27.5 Å². The lowest BCUT2D eigenvalue weighted by molar-refractivity contribution is -0.146. The molecule has 2 rings (SSSR count). The highest BCUT2D eigenvalue weighted by Gasteiger charge is 2.38. The Morgan fingerprint density at radius 2 is 2.10 bits per heavy atom. The van der Waals surface area contributed by atoms with Crippen molar-refractivity contribution in [3.8, 4) is 0 Å². The molecule has 1 aromatic heterocycles. The van der Waals surface area contributed by atoms with Crippen LogP contribution in [-0.4, -0.2) is 25.3 Å². The van der Waals surface area contributed by atoms with Gasteiger partial charge in [-0.25, -0.2) is 4.98 Å². The number of anilines is 1. The van der Waals surface area contributed by atoms with E-state index in [0.29, 0.717) is 11.2 Å². The number of rotatable bonds is 3. The average molecular weight is 305 g/mol. The van der Waals surface area contributed by atoms with E-state index < -0.39 is 28.1 Å². The zero-order valence-corrected chi connectivity index (χ0v) is 11.8. The molecular weight excluding hydrogens is 291 g/mol. The van der Waals surface area contributed by atoms with Crippen LogP contribution in [0.3, 0.4) is 0 Å². The van der Waals surface area contributed by atoms with Gasteiger partial charge in [0, 0.05) is 34.5 Å². The highest BCUT2D eigenvalue weighted by molar-refractivity contribution is 7.84. The largest absolute Gasteiger partial charge is 0.449 e. The third-order valence-corrected chi connectivity index (χ3v) is 4.31. The van der Waals surface area contributed by atoms with Crippen molar-refractivity contribution in [1.82, 2.24) is 9.55 Å². The standard InChI is InChI=1S/C12H14F3N3OS/c1-7(20(2)19)6-18-10-4-3-8(16)5-9(10)17-11(18)12(13,14)15/h3-5,7H,6,16H2,1-2H3. The Kier molecular flexibility index (Phi) is 3.77. The number of hydrogen-bond acceptors (Lipinski definition) is 3. The zero-order valence-electron chi connectivity index (χ0n) is 10.9. The summed E-state index contributed by atoms with van der Waals surface area (Å²) in [7, 11) is -1.22. The average Bonchev–Trinajstić information content (AvgIpc) is 2.66. The maximum atomic E-state index is 13.0. The van der Waals surface area contributed by atoms with E-state index in [1.807, 2.05) is 0 Å². The number of nitrogens with two attached hydrogens (primary N) is 1. The van der Waals surface area contributed by atoms with Crippen LogP contribution in [0.25, 0.3) is 11.0 Å². The predicted molar refractivity (Wildman–Crippen MR) is 72.7 cm³/mol. The highest BCUT2D eigenvalue weighted by Crippen LogP contribution is 2.32. The van der Waals surface area contributed by atoms with E-state index in [2.05, 4.69) is 4.98 Å². The second-order valence-corrected chi connectivity index (χ2v) is 6.40. The molecular formula is C12H14F3N3OS. The monoisotopic (exact) mass is 305 g/mol. The van der Waals surface area contributed by atoms with E-state index in [4.69, 9.17) is 5.73 Å². The first-order chi connectivity index (χ1) is 9.20. The van der Waals surface area contributed by atoms with E-state index in [0.717, 1.165) is 4.57 Å². The quantitative estimate of drug-likeness (QED) is 0.886. The molecule has 0 aliphatic rings. The topological polar surface area (TPSA) is 60.9 Å². The molecule has 0 amide bonds. The van der Waals surface area contributed by atoms with Gasteiger partial charge in [0.25, 0.3) is 0 Å². The molecule has 0 bridgehead atoms. The molecule has 1 aromatic carbocycles. The molecule has 0 radical (unpaired) electrons. The number of aromatic nitrogens is 2. The van der Waals surface area contributed by atoms with Crippen LogP contribution in [0.5, 0.6) is 0 Å². The van der Waals surface area contributed by atoms with Crippen LogP contribution < -0.4 is 5.73 Å². The van der Waals surface area contributed by atoms with Crippen LogP contribution in [0.1, 0.15) is 12.7 Å². The molecule has 2 unspecified atom stereocenters. The number of benzene rings is 1. The first kappa shape index (κ1) is 14.8. The van der Waals surface area contributed by atoms with Gasteiger partial charge in [0.05, 0.1) is 11.0 Å². The number of alkyl halides is 3. The summed E-state index contributed by atoms with van der Waals surface area (Å²) in [6.45, 7) is 1.62. The van der Waals surface area contributed by atoms with Crippen LogP contribution in [0.2, 0.25) is 0 Å².